The van der Waals surface area contributed by atoms with Crippen molar-refractivity contribution >= 4 is 17.3 Å². The average Bonchev–Trinajstić information content (AvgIpc) is 2.81. The zero-order chi connectivity index (χ0) is 12.5. The number of ether oxygens (including phenoxy) is 1. The number of carbonyl (C=O) groups excluding carboxylic acids is 1. The van der Waals surface area contributed by atoms with Gasteiger partial charge < -0.3 is 4.74 Å². The highest BCUT2D eigenvalue weighted by molar-refractivity contribution is 7.09. The molecule has 0 fully saturated rings. The van der Waals surface area contributed by atoms with Crippen molar-refractivity contribution < 1.29 is 9.53 Å². The number of esters is 1. The maximum Gasteiger partial charge on any atom is 0.330 e. The third kappa shape index (κ3) is 5.65. The van der Waals surface area contributed by atoms with Crippen LogP contribution in [0.25, 0.3) is 0 Å². The second-order valence-corrected chi connectivity index (χ2v) is 4.59. The summed E-state index contributed by atoms with van der Waals surface area (Å²) in [4.78, 5) is 14.7. The number of carbonyl (C=O) groups is 1. The number of hydrogen-bond donors (Lipinski definition) is 0. The quantitative estimate of drug-likeness (QED) is 0.553. The minimum absolute atomic E-state index is 0.264. The lowest BCUT2D eigenvalue weighted by Crippen LogP contribution is -2.22. The molecule has 0 saturated heterocycles. The van der Waals surface area contributed by atoms with Crippen molar-refractivity contribution in [1.29, 1.82) is 0 Å². The first-order valence-electron chi connectivity index (χ1n) is 5.84. The van der Waals surface area contributed by atoms with Crippen molar-refractivity contribution in [3.8, 4) is 0 Å². The molecule has 0 spiro atoms. The first kappa shape index (κ1) is 13.9. The van der Waals surface area contributed by atoms with E-state index in [1.807, 2.05) is 6.08 Å². The predicted octanol–water partition coefficient (Wildman–Crippen LogP) is 2.69. The molecule has 0 aliphatic rings. The van der Waals surface area contributed by atoms with Gasteiger partial charge in [-0.25, -0.2) is 4.79 Å². The summed E-state index contributed by atoms with van der Waals surface area (Å²) in [5, 5.41) is 2.08. The highest BCUT2D eigenvalue weighted by Gasteiger charge is 2.02. The van der Waals surface area contributed by atoms with Crippen LogP contribution in [0.15, 0.2) is 29.7 Å². The van der Waals surface area contributed by atoms with E-state index < -0.39 is 0 Å². The summed E-state index contributed by atoms with van der Waals surface area (Å²) < 4.78 is 4.82. The van der Waals surface area contributed by atoms with Crippen molar-refractivity contribution in [1.82, 2.24) is 4.90 Å². The van der Waals surface area contributed by atoms with Gasteiger partial charge in [-0.15, -0.1) is 11.3 Å². The second-order valence-electron chi connectivity index (χ2n) is 3.56. The Hall–Kier alpha value is -1.13. The Labute approximate surface area is 107 Å². The minimum Gasteiger partial charge on any atom is -0.463 e. The Bertz CT molecular complexity index is 346. The zero-order valence-electron chi connectivity index (χ0n) is 10.4. The summed E-state index contributed by atoms with van der Waals surface area (Å²) in [6.45, 7) is 7.02. The summed E-state index contributed by atoms with van der Waals surface area (Å²) in [5.41, 5.74) is 0. The van der Waals surface area contributed by atoms with Gasteiger partial charge in [-0.2, -0.15) is 0 Å². The van der Waals surface area contributed by atoms with Gasteiger partial charge in [0.05, 0.1) is 6.61 Å². The van der Waals surface area contributed by atoms with Crippen LogP contribution in [-0.2, 0) is 16.1 Å². The van der Waals surface area contributed by atoms with E-state index in [0.717, 1.165) is 19.6 Å². The SMILES string of the molecule is CCOC(=O)/C=C/CN(CC)Cc1cccs1. The first-order valence-corrected chi connectivity index (χ1v) is 6.72. The molecular formula is C13H19NO2S. The van der Waals surface area contributed by atoms with Gasteiger partial charge in [0.25, 0.3) is 0 Å². The molecule has 0 N–H and O–H groups in total. The first-order chi connectivity index (χ1) is 8.26. The number of nitrogens with zero attached hydrogens (tertiary/aromatic N) is 1. The molecule has 0 saturated carbocycles. The van der Waals surface area contributed by atoms with Crippen LogP contribution in [0.1, 0.15) is 18.7 Å². The zero-order valence-corrected chi connectivity index (χ0v) is 11.2. The third-order valence-electron chi connectivity index (χ3n) is 2.31. The van der Waals surface area contributed by atoms with Crippen LogP contribution >= 0.6 is 11.3 Å². The highest BCUT2D eigenvalue weighted by atomic mass is 32.1. The maximum absolute atomic E-state index is 11.1. The number of hydrogen-bond acceptors (Lipinski definition) is 4. The number of rotatable bonds is 7. The van der Waals surface area contributed by atoms with Crippen molar-refractivity contribution in [2.45, 2.75) is 20.4 Å². The summed E-state index contributed by atoms with van der Waals surface area (Å²) >= 11 is 1.76. The fraction of sp³-hybridized carbons (Fsp3) is 0.462. The van der Waals surface area contributed by atoms with Gasteiger partial charge in [-0.3, -0.25) is 4.90 Å². The molecule has 4 heteroatoms. The summed E-state index contributed by atoms with van der Waals surface area (Å²) in [5.74, 6) is -0.264. The van der Waals surface area contributed by atoms with E-state index in [4.69, 9.17) is 4.74 Å². The lowest BCUT2D eigenvalue weighted by atomic mass is 10.4. The van der Waals surface area contributed by atoms with E-state index in [0.29, 0.717) is 6.61 Å². The largest absolute Gasteiger partial charge is 0.463 e. The summed E-state index contributed by atoms with van der Waals surface area (Å²) in [6, 6.07) is 4.19. The van der Waals surface area contributed by atoms with Crippen LogP contribution in [0.3, 0.4) is 0 Å². The molecule has 0 atom stereocenters. The Morgan fingerprint density at radius 3 is 2.94 bits per heavy atom. The molecule has 0 aromatic carbocycles. The van der Waals surface area contributed by atoms with Crippen LogP contribution in [-0.4, -0.2) is 30.6 Å². The van der Waals surface area contributed by atoms with Crippen molar-refractivity contribution in [3.63, 3.8) is 0 Å². The normalized spacial score (nSPS) is 11.2. The molecule has 0 bridgehead atoms. The molecule has 3 nitrogen and oxygen atoms in total. The van der Waals surface area contributed by atoms with Crippen molar-refractivity contribution in [2.75, 3.05) is 19.7 Å². The molecule has 0 amide bonds. The van der Waals surface area contributed by atoms with Crippen LogP contribution in [0.5, 0.6) is 0 Å². The average molecular weight is 253 g/mol. The maximum atomic E-state index is 11.1. The number of thiophene rings is 1. The topological polar surface area (TPSA) is 29.5 Å². The lowest BCUT2D eigenvalue weighted by Gasteiger charge is -2.17. The monoisotopic (exact) mass is 253 g/mol. The third-order valence-corrected chi connectivity index (χ3v) is 3.17. The second kappa shape index (κ2) is 8.03. The molecule has 17 heavy (non-hydrogen) atoms. The van der Waals surface area contributed by atoms with Gasteiger partial charge >= 0.3 is 5.97 Å². The van der Waals surface area contributed by atoms with Gasteiger partial charge in [0, 0.05) is 24.0 Å². The van der Waals surface area contributed by atoms with Crippen LogP contribution in [0.4, 0.5) is 0 Å². The number of likely N-dealkylation sites (N-methyl/N-ethyl adjacent to an activating group) is 1. The van der Waals surface area contributed by atoms with Gasteiger partial charge in [0.15, 0.2) is 0 Å². The summed E-state index contributed by atoms with van der Waals surface area (Å²) in [6.07, 6.45) is 3.36. The van der Waals surface area contributed by atoms with Crippen LogP contribution in [0.2, 0.25) is 0 Å². The van der Waals surface area contributed by atoms with Crippen LogP contribution in [0, 0.1) is 0 Å². The molecule has 0 aliphatic carbocycles. The van der Waals surface area contributed by atoms with Crippen molar-refractivity contribution in [2.24, 2.45) is 0 Å². The highest BCUT2D eigenvalue weighted by Crippen LogP contribution is 2.11. The molecule has 1 aromatic heterocycles. The fourth-order valence-corrected chi connectivity index (χ4v) is 2.16. The Morgan fingerprint density at radius 1 is 1.53 bits per heavy atom. The van der Waals surface area contributed by atoms with E-state index in [-0.39, 0.29) is 5.97 Å². The molecule has 0 unspecified atom stereocenters. The lowest BCUT2D eigenvalue weighted by molar-refractivity contribution is -0.137. The Kier molecular flexibility index (Phi) is 6.58. The molecule has 1 rings (SSSR count). The van der Waals surface area contributed by atoms with Gasteiger partial charge in [-0.1, -0.05) is 19.1 Å². The Morgan fingerprint density at radius 2 is 2.35 bits per heavy atom. The van der Waals surface area contributed by atoms with Gasteiger partial charge in [0.1, 0.15) is 0 Å². The summed E-state index contributed by atoms with van der Waals surface area (Å²) in [7, 11) is 0. The van der Waals surface area contributed by atoms with E-state index in [2.05, 4.69) is 29.3 Å². The standard InChI is InChI=1S/C13H19NO2S/c1-3-14(11-12-7-6-10-17-12)9-5-8-13(15)16-4-2/h5-8,10H,3-4,9,11H2,1-2H3/b8-5+. The molecule has 1 heterocycles. The van der Waals surface area contributed by atoms with Crippen molar-refractivity contribution in [3.05, 3.63) is 34.5 Å². The van der Waals surface area contributed by atoms with E-state index in [1.54, 1.807) is 18.3 Å². The van der Waals surface area contributed by atoms with Crippen LogP contribution < -0.4 is 0 Å². The van der Waals surface area contributed by atoms with E-state index in [1.165, 1.54) is 11.0 Å². The molecule has 94 valence electrons. The Balaban J connectivity index is 2.34. The molecule has 0 aliphatic heterocycles. The molecule has 1 aromatic rings. The fourth-order valence-electron chi connectivity index (χ4n) is 1.42. The minimum atomic E-state index is -0.264. The van der Waals surface area contributed by atoms with Gasteiger partial charge in [0.2, 0.25) is 0 Å². The predicted molar refractivity (Wildman–Crippen MR) is 71.0 cm³/mol. The molecule has 0 radical (unpaired) electrons. The smallest absolute Gasteiger partial charge is 0.330 e. The van der Waals surface area contributed by atoms with E-state index >= 15 is 0 Å². The van der Waals surface area contributed by atoms with E-state index in [9.17, 15) is 4.79 Å². The molecular weight excluding hydrogens is 234 g/mol. The van der Waals surface area contributed by atoms with Gasteiger partial charge in [-0.05, 0) is 24.9 Å².